The van der Waals surface area contributed by atoms with Crippen molar-refractivity contribution in [3.8, 4) is 5.75 Å². The third-order valence-electron chi connectivity index (χ3n) is 1.48. The molecule has 0 N–H and O–H groups in total. The summed E-state index contributed by atoms with van der Waals surface area (Å²) < 4.78 is 18.3. The number of benzene rings is 1. The smallest absolute Gasteiger partial charge is 0.225 e. The van der Waals surface area contributed by atoms with Crippen molar-refractivity contribution >= 4 is 17.3 Å². The second kappa shape index (κ2) is 4.30. The molecule has 2 nitrogen and oxygen atoms in total. The van der Waals surface area contributed by atoms with Gasteiger partial charge >= 0.3 is 0 Å². The Labute approximate surface area is 87.1 Å². The van der Waals surface area contributed by atoms with Crippen LogP contribution in [0, 0.1) is 12.4 Å². The van der Waals surface area contributed by atoms with E-state index >= 15 is 0 Å². The zero-order valence-electron chi connectivity index (χ0n) is 7.84. The highest BCUT2D eigenvalue weighted by Crippen LogP contribution is 2.32. The Morgan fingerprint density at radius 2 is 2.14 bits per heavy atom. The molecule has 4 heteroatoms. The van der Waals surface area contributed by atoms with Gasteiger partial charge in [-0.25, -0.2) is 9.24 Å². The van der Waals surface area contributed by atoms with Gasteiger partial charge in [-0.3, -0.25) is 0 Å². The molecule has 1 rings (SSSR count). The first-order chi connectivity index (χ1) is 6.54. The van der Waals surface area contributed by atoms with Crippen LogP contribution >= 0.6 is 11.6 Å². The van der Waals surface area contributed by atoms with Gasteiger partial charge in [0.1, 0.15) is 11.6 Å². The van der Waals surface area contributed by atoms with Gasteiger partial charge in [0, 0.05) is 0 Å². The predicted octanol–water partition coefficient (Wildman–Crippen LogP) is 3.82. The van der Waals surface area contributed by atoms with E-state index < -0.39 is 5.82 Å². The van der Waals surface area contributed by atoms with Gasteiger partial charge in [-0.15, -0.1) is 0 Å². The molecule has 0 bridgehead atoms. The molecular formula is C10H9ClFNO. The van der Waals surface area contributed by atoms with Gasteiger partial charge in [-0.1, -0.05) is 11.6 Å². The van der Waals surface area contributed by atoms with Crippen LogP contribution in [0.4, 0.5) is 10.1 Å². The Balaban J connectivity index is 3.12. The number of ether oxygens (including phenoxy) is 1. The molecular weight excluding hydrogens is 205 g/mol. The normalized spacial score (nSPS) is 10.0. The van der Waals surface area contributed by atoms with Crippen LogP contribution in [0.15, 0.2) is 12.1 Å². The molecule has 0 saturated carbocycles. The zero-order chi connectivity index (χ0) is 10.7. The molecule has 14 heavy (non-hydrogen) atoms. The molecule has 0 aliphatic heterocycles. The quantitative estimate of drug-likeness (QED) is 0.681. The summed E-state index contributed by atoms with van der Waals surface area (Å²) in [5.74, 6) is -0.282. The Morgan fingerprint density at radius 3 is 2.64 bits per heavy atom. The van der Waals surface area contributed by atoms with Crippen LogP contribution in [0.2, 0.25) is 5.02 Å². The van der Waals surface area contributed by atoms with E-state index in [4.69, 9.17) is 22.9 Å². The molecule has 0 heterocycles. The maximum Gasteiger partial charge on any atom is 0.225 e. The van der Waals surface area contributed by atoms with Crippen LogP contribution in [0.25, 0.3) is 4.85 Å². The maximum atomic E-state index is 13.0. The molecule has 0 atom stereocenters. The molecule has 0 aliphatic carbocycles. The molecule has 0 amide bonds. The summed E-state index contributed by atoms with van der Waals surface area (Å²) in [5.41, 5.74) is -0.0787. The molecule has 0 fully saturated rings. The van der Waals surface area contributed by atoms with E-state index in [0.717, 1.165) is 6.07 Å². The zero-order valence-corrected chi connectivity index (χ0v) is 8.60. The number of hydrogen-bond acceptors (Lipinski definition) is 1. The van der Waals surface area contributed by atoms with E-state index in [0.29, 0.717) is 5.75 Å². The first-order valence-electron chi connectivity index (χ1n) is 4.07. The van der Waals surface area contributed by atoms with Crippen molar-refractivity contribution in [2.45, 2.75) is 20.0 Å². The first-order valence-corrected chi connectivity index (χ1v) is 4.45. The Hall–Kier alpha value is -1.27. The van der Waals surface area contributed by atoms with Crippen molar-refractivity contribution in [2.24, 2.45) is 0 Å². The lowest BCUT2D eigenvalue weighted by Crippen LogP contribution is -2.05. The van der Waals surface area contributed by atoms with E-state index in [9.17, 15) is 4.39 Å². The SMILES string of the molecule is [C-]#[N+]c1cc(OC(C)C)c(Cl)cc1F. The van der Waals surface area contributed by atoms with Gasteiger partial charge in [0.2, 0.25) is 5.69 Å². The van der Waals surface area contributed by atoms with Crippen LogP contribution in [0.3, 0.4) is 0 Å². The largest absolute Gasteiger partial charge is 0.491 e. The summed E-state index contributed by atoms with van der Waals surface area (Å²) in [6, 6.07) is 2.40. The van der Waals surface area contributed by atoms with Gasteiger partial charge in [0.25, 0.3) is 0 Å². The average molecular weight is 214 g/mol. The highest BCUT2D eigenvalue weighted by atomic mass is 35.5. The topological polar surface area (TPSA) is 13.6 Å². The van der Waals surface area contributed by atoms with E-state index in [2.05, 4.69) is 4.85 Å². The number of nitrogens with zero attached hydrogens (tertiary/aromatic N) is 1. The van der Waals surface area contributed by atoms with Crippen LogP contribution < -0.4 is 4.74 Å². The fraction of sp³-hybridized carbons (Fsp3) is 0.300. The highest BCUT2D eigenvalue weighted by molar-refractivity contribution is 6.32. The number of hydrogen-bond donors (Lipinski definition) is 0. The summed E-state index contributed by atoms with van der Waals surface area (Å²) in [7, 11) is 0. The molecule has 1 aromatic rings. The van der Waals surface area contributed by atoms with E-state index in [1.807, 2.05) is 13.8 Å². The molecule has 0 aromatic heterocycles. The number of halogens is 2. The summed E-state index contributed by atoms with van der Waals surface area (Å²) in [4.78, 5) is 3.02. The van der Waals surface area contributed by atoms with Gasteiger partial charge in [-0.05, 0) is 26.0 Å². The summed E-state index contributed by atoms with van der Waals surface area (Å²) >= 11 is 5.73. The minimum Gasteiger partial charge on any atom is -0.491 e. The number of rotatable bonds is 2. The molecule has 74 valence electrons. The van der Waals surface area contributed by atoms with Crippen molar-refractivity contribution in [1.29, 1.82) is 0 Å². The van der Waals surface area contributed by atoms with Crippen molar-refractivity contribution < 1.29 is 9.13 Å². The summed E-state index contributed by atoms with van der Waals surface area (Å²) in [5, 5.41) is 0.184. The molecule has 0 unspecified atom stereocenters. The van der Waals surface area contributed by atoms with E-state index in [1.165, 1.54) is 6.07 Å². The lowest BCUT2D eigenvalue weighted by molar-refractivity contribution is 0.242. The second-order valence-corrected chi connectivity index (χ2v) is 3.42. The first kappa shape index (κ1) is 10.8. The lowest BCUT2D eigenvalue weighted by Gasteiger charge is -2.11. The summed E-state index contributed by atoms with van der Waals surface area (Å²) in [6.07, 6.45) is -0.0588. The van der Waals surface area contributed by atoms with E-state index in [1.54, 1.807) is 0 Å². The van der Waals surface area contributed by atoms with Gasteiger partial charge in [0.15, 0.2) is 0 Å². The molecule has 0 aliphatic rings. The molecule has 1 aromatic carbocycles. The fourth-order valence-electron chi connectivity index (χ4n) is 0.948. The third kappa shape index (κ3) is 2.36. The van der Waals surface area contributed by atoms with Gasteiger partial charge in [-0.2, -0.15) is 0 Å². The van der Waals surface area contributed by atoms with Crippen molar-refractivity contribution in [1.82, 2.24) is 0 Å². The molecule has 0 radical (unpaired) electrons. The van der Waals surface area contributed by atoms with Crippen LogP contribution in [0.5, 0.6) is 5.75 Å². The maximum absolute atomic E-state index is 13.0. The monoisotopic (exact) mass is 213 g/mol. The Morgan fingerprint density at radius 1 is 1.50 bits per heavy atom. The van der Waals surface area contributed by atoms with Crippen LogP contribution in [0.1, 0.15) is 13.8 Å². The Kier molecular flexibility index (Phi) is 3.32. The third-order valence-corrected chi connectivity index (χ3v) is 1.78. The van der Waals surface area contributed by atoms with Gasteiger partial charge < -0.3 is 4.74 Å². The standard InChI is InChI=1S/C10H9ClFNO/c1-6(2)14-10-5-9(13-3)8(12)4-7(10)11/h4-6H,1-2H3. The predicted molar refractivity (Wildman–Crippen MR) is 53.4 cm³/mol. The van der Waals surface area contributed by atoms with Crippen molar-refractivity contribution in [3.05, 3.63) is 34.4 Å². The minimum absolute atomic E-state index is 0.0588. The lowest BCUT2D eigenvalue weighted by atomic mass is 10.3. The van der Waals surface area contributed by atoms with Crippen LogP contribution in [-0.2, 0) is 0 Å². The summed E-state index contributed by atoms with van der Waals surface area (Å²) in [6.45, 7) is 10.4. The second-order valence-electron chi connectivity index (χ2n) is 3.01. The average Bonchev–Trinajstić information content (AvgIpc) is 2.09. The van der Waals surface area contributed by atoms with E-state index in [-0.39, 0.29) is 16.8 Å². The molecule has 0 saturated heterocycles. The van der Waals surface area contributed by atoms with Crippen molar-refractivity contribution in [3.63, 3.8) is 0 Å². The van der Waals surface area contributed by atoms with Gasteiger partial charge in [0.05, 0.1) is 17.7 Å². The highest BCUT2D eigenvalue weighted by Gasteiger charge is 2.10. The Bertz CT molecular complexity index is 384. The molecule has 0 spiro atoms. The van der Waals surface area contributed by atoms with Crippen molar-refractivity contribution in [2.75, 3.05) is 0 Å². The fourth-order valence-corrected chi connectivity index (χ4v) is 1.14. The minimum atomic E-state index is -0.624. The van der Waals surface area contributed by atoms with Crippen LogP contribution in [-0.4, -0.2) is 6.10 Å².